The molecule has 0 aromatic carbocycles. The van der Waals surface area contributed by atoms with Crippen molar-refractivity contribution in [3.05, 3.63) is 16.1 Å². The van der Waals surface area contributed by atoms with Gasteiger partial charge in [0.2, 0.25) is 0 Å². The molecule has 138 valence electrons. The number of halogens is 2. The van der Waals surface area contributed by atoms with Crippen LogP contribution in [0.4, 0.5) is 0 Å². The number of nitrogens with two attached hydrogens (primary N) is 1. The fourth-order valence-corrected chi connectivity index (χ4v) is 5.08. The second-order valence-corrected chi connectivity index (χ2v) is 8.82. The first-order valence-corrected chi connectivity index (χ1v) is 9.24. The highest BCUT2D eigenvalue weighted by Crippen LogP contribution is 2.40. The Labute approximate surface area is 161 Å². The Kier molecular flexibility index (Phi) is 7.54. The van der Waals surface area contributed by atoms with Crippen LogP contribution in [0.3, 0.4) is 0 Å². The van der Waals surface area contributed by atoms with E-state index in [1.165, 1.54) is 30.6 Å². The van der Waals surface area contributed by atoms with E-state index < -0.39 is 0 Å². The SMILES string of the molecule is CC(C)(C)c1ncsc1C(=O)NC1C2CCCC1CC(N)C2.Cl.Cl. The van der Waals surface area contributed by atoms with E-state index in [0.29, 0.717) is 23.9 Å². The molecule has 0 spiro atoms. The molecule has 0 aliphatic heterocycles. The van der Waals surface area contributed by atoms with Crippen molar-refractivity contribution in [3.8, 4) is 0 Å². The van der Waals surface area contributed by atoms with E-state index in [9.17, 15) is 4.79 Å². The minimum Gasteiger partial charge on any atom is -0.348 e. The summed E-state index contributed by atoms with van der Waals surface area (Å²) in [6, 6.07) is 0.618. The summed E-state index contributed by atoms with van der Waals surface area (Å²) in [5.41, 5.74) is 8.77. The number of nitrogens with one attached hydrogen (secondary N) is 1. The van der Waals surface area contributed by atoms with Gasteiger partial charge in [-0.05, 0) is 37.5 Å². The molecule has 2 aliphatic rings. The molecule has 1 aromatic heterocycles. The Balaban J connectivity index is 0.00000144. The summed E-state index contributed by atoms with van der Waals surface area (Å²) in [5.74, 6) is 1.17. The second-order valence-electron chi connectivity index (χ2n) is 7.96. The van der Waals surface area contributed by atoms with E-state index in [-0.39, 0.29) is 36.1 Å². The summed E-state index contributed by atoms with van der Waals surface area (Å²) in [6.45, 7) is 6.31. The van der Waals surface area contributed by atoms with Crippen LogP contribution in [0.5, 0.6) is 0 Å². The van der Waals surface area contributed by atoms with Crippen molar-refractivity contribution < 1.29 is 4.79 Å². The van der Waals surface area contributed by atoms with Crippen LogP contribution in [0, 0.1) is 11.8 Å². The number of aromatic nitrogens is 1. The number of hydrogen-bond acceptors (Lipinski definition) is 4. The number of fused-ring (bicyclic) bond motifs is 2. The van der Waals surface area contributed by atoms with E-state index in [0.717, 1.165) is 23.4 Å². The monoisotopic (exact) mass is 393 g/mol. The Hall–Kier alpha value is -0.360. The lowest BCUT2D eigenvalue weighted by atomic mass is 9.67. The Morgan fingerprint density at radius 2 is 1.83 bits per heavy atom. The van der Waals surface area contributed by atoms with Gasteiger partial charge in [-0.2, -0.15) is 0 Å². The highest BCUT2D eigenvalue weighted by molar-refractivity contribution is 7.11. The summed E-state index contributed by atoms with van der Waals surface area (Å²) in [6.07, 6.45) is 5.78. The highest BCUT2D eigenvalue weighted by atomic mass is 35.5. The first-order chi connectivity index (χ1) is 10.4. The third-order valence-corrected chi connectivity index (χ3v) is 5.98. The lowest BCUT2D eigenvalue weighted by Crippen LogP contribution is -2.53. The normalized spacial score (nSPS) is 29.2. The van der Waals surface area contributed by atoms with Crippen LogP contribution in [-0.2, 0) is 5.41 Å². The molecule has 1 aromatic rings. The molecule has 2 saturated carbocycles. The average Bonchev–Trinajstić information content (AvgIpc) is 2.89. The van der Waals surface area contributed by atoms with Crippen LogP contribution < -0.4 is 11.1 Å². The van der Waals surface area contributed by atoms with E-state index in [4.69, 9.17) is 5.73 Å². The van der Waals surface area contributed by atoms with Crippen molar-refractivity contribution in [1.29, 1.82) is 0 Å². The summed E-state index contributed by atoms with van der Waals surface area (Å²) < 4.78 is 0. The topological polar surface area (TPSA) is 68.0 Å². The summed E-state index contributed by atoms with van der Waals surface area (Å²) in [7, 11) is 0. The first kappa shape index (κ1) is 21.7. The van der Waals surface area contributed by atoms with E-state index in [1.807, 2.05) is 0 Å². The number of thiazole rings is 1. The molecule has 2 unspecified atom stereocenters. The summed E-state index contributed by atoms with van der Waals surface area (Å²) >= 11 is 1.45. The van der Waals surface area contributed by atoms with Gasteiger partial charge in [0, 0.05) is 17.5 Å². The molecule has 1 amide bonds. The van der Waals surface area contributed by atoms with Gasteiger partial charge in [0.25, 0.3) is 5.91 Å². The van der Waals surface area contributed by atoms with Crippen LogP contribution in [0.1, 0.15) is 68.2 Å². The third kappa shape index (κ3) is 4.43. The summed E-state index contributed by atoms with van der Waals surface area (Å²) in [5, 5.41) is 3.33. The lowest BCUT2D eigenvalue weighted by Gasteiger charge is -2.45. The fourth-order valence-electron chi connectivity index (χ4n) is 4.18. The number of hydrogen-bond donors (Lipinski definition) is 2. The molecule has 24 heavy (non-hydrogen) atoms. The molecule has 4 nitrogen and oxygen atoms in total. The van der Waals surface area contributed by atoms with Crippen LogP contribution in [0.15, 0.2) is 5.51 Å². The Morgan fingerprint density at radius 1 is 1.25 bits per heavy atom. The van der Waals surface area contributed by atoms with Crippen LogP contribution >= 0.6 is 36.2 Å². The maximum absolute atomic E-state index is 12.8. The average molecular weight is 394 g/mol. The van der Waals surface area contributed by atoms with Crippen molar-refractivity contribution in [2.24, 2.45) is 17.6 Å². The second kappa shape index (κ2) is 8.35. The zero-order valence-corrected chi connectivity index (χ0v) is 17.0. The first-order valence-electron chi connectivity index (χ1n) is 8.36. The molecule has 3 N–H and O–H groups in total. The molecule has 7 heteroatoms. The van der Waals surface area contributed by atoms with Gasteiger partial charge in [0.1, 0.15) is 4.88 Å². The maximum atomic E-state index is 12.8. The zero-order valence-electron chi connectivity index (χ0n) is 14.6. The van der Waals surface area contributed by atoms with Gasteiger partial charge in [0.15, 0.2) is 0 Å². The van der Waals surface area contributed by atoms with E-state index >= 15 is 0 Å². The van der Waals surface area contributed by atoms with Gasteiger partial charge in [-0.1, -0.05) is 27.2 Å². The Morgan fingerprint density at radius 3 is 2.38 bits per heavy atom. The van der Waals surface area contributed by atoms with Gasteiger partial charge in [-0.25, -0.2) is 4.98 Å². The Bertz CT molecular complexity index is 544. The number of carbonyl (C=O) groups is 1. The zero-order chi connectivity index (χ0) is 15.9. The van der Waals surface area contributed by atoms with Crippen molar-refractivity contribution >= 4 is 42.1 Å². The van der Waals surface area contributed by atoms with Gasteiger partial charge in [-0.15, -0.1) is 36.2 Å². The molecule has 2 atom stereocenters. The predicted octanol–water partition coefficient (Wildman–Crippen LogP) is 3.92. The van der Waals surface area contributed by atoms with E-state index in [2.05, 4.69) is 31.1 Å². The largest absolute Gasteiger partial charge is 0.348 e. The number of amides is 1. The molecule has 1 heterocycles. The van der Waals surface area contributed by atoms with Crippen molar-refractivity contribution in [3.63, 3.8) is 0 Å². The smallest absolute Gasteiger partial charge is 0.263 e. The molecular weight excluding hydrogens is 365 g/mol. The van der Waals surface area contributed by atoms with Crippen molar-refractivity contribution in [2.75, 3.05) is 0 Å². The number of rotatable bonds is 2. The third-order valence-electron chi connectivity index (χ3n) is 5.16. The molecule has 2 fully saturated rings. The highest BCUT2D eigenvalue weighted by Gasteiger charge is 2.40. The van der Waals surface area contributed by atoms with Gasteiger partial charge in [-0.3, -0.25) is 4.79 Å². The number of nitrogens with zero attached hydrogens (tertiary/aromatic N) is 1. The summed E-state index contributed by atoms with van der Waals surface area (Å²) in [4.78, 5) is 18.0. The molecule has 2 aliphatic carbocycles. The van der Waals surface area contributed by atoms with Crippen molar-refractivity contribution in [2.45, 2.75) is 70.4 Å². The molecule has 3 rings (SSSR count). The minimum atomic E-state index is -0.0997. The van der Waals surface area contributed by atoms with Crippen LogP contribution in [-0.4, -0.2) is 23.0 Å². The fraction of sp³-hybridized carbons (Fsp3) is 0.765. The molecule has 2 bridgehead atoms. The van der Waals surface area contributed by atoms with Gasteiger partial charge in [0.05, 0.1) is 11.2 Å². The molecule has 0 radical (unpaired) electrons. The van der Waals surface area contributed by atoms with Crippen LogP contribution in [0.25, 0.3) is 0 Å². The van der Waals surface area contributed by atoms with Gasteiger partial charge >= 0.3 is 0 Å². The van der Waals surface area contributed by atoms with Crippen molar-refractivity contribution in [1.82, 2.24) is 10.3 Å². The van der Waals surface area contributed by atoms with Crippen LogP contribution in [0.2, 0.25) is 0 Å². The number of carbonyl (C=O) groups excluding carboxylic acids is 1. The maximum Gasteiger partial charge on any atom is 0.263 e. The predicted molar refractivity (Wildman–Crippen MR) is 105 cm³/mol. The molecule has 0 saturated heterocycles. The standard InChI is InChI=1S/C17H27N3OS.2ClH/c1-17(2,3)15-14(22-9-19-15)16(21)20-13-10-5-4-6-11(13)8-12(18)7-10;;/h9-13H,4-8,18H2,1-3H3,(H,20,21);2*1H. The van der Waals surface area contributed by atoms with E-state index in [1.54, 1.807) is 5.51 Å². The van der Waals surface area contributed by atoms with Gasteiger partial charge < -0.3 is 11.1 Å². The molecular formula is C17H29Cl2N3OS. The lowest BCUT2D eigenvalue weighted by molar-refractivity contribution is 0.0757. The minimum absolute atomic E-state index is 0. The quantitative estimate of drug-likeness (QED) is 0.799.